The Hall–Kier alpha value is -0.850. The molecule has 138 valence electrons. The van der Waals surface area contributed by atoms with Gasteiger partial charge in [0.25, 0.3) is 0 Å². The summed E-state index contributed by atoms with van der Waals surface area (Å²) in [6, 6.07) is 2.37. The van der Waals surface area contributed by atoms with Crippen LogP contribution in [0.15, 0.2) is 18.5 Å². The summed E-state index contributed by atoms with van der Waals surface area (Å²) in [6.45, 7) is 8.05. The van der Waals surface area contributed by atoms with Crippen LogP contribution in [0.5, 0.6) is 0 Å². The quantitative estimate of drug-likeness (QED) is 0.245. The molecule has 0 spiro atoms. The monoisotopic (exact) mass is 332 g/mol. The molecule has 1 nitrogen and oxygen atoms in total. The Labute approximate surface area is 151 Å². The minimum Gasteiger partial charge on any atom is -0.205 e. The minimum absolute atomic E-state index is 1.19. The molecule has 0 fully saturated rings. The van der Waals surface area contributed by atoms with E-state index in [1.807, 2.05) is 0 Å². The molecule has 0 aliphatic heterocycles. The maximum absolute atomic E-state index is 2.43. The number of nitrogens with zero attached hydrogens (tertiary/aromatic N) is 1. The average Bonchev–Trinajstić information content (AvgIpc) is 2.59. The zero-order valence-corrected chi connectivity index (χ0v) is 16.8. The maximum Gasteiger partial charge on any atom is 0.172 e. The lowest BCUT2D eigenvalue weighted by Crippen LogP contribution is -2.33. The number of rotatable bonds is 15. The number of hydrogen-bond donors (Lipinski definition) is 0. The third kappa shape index (κ3) is 9.45. The molecular weight excluding hydrogens is 290 g/mol. The largest absolute Gasteiger partial charge is 0.205 e. The van der Waals surface area contributed by atoms with E-state index in [4.69, 9.17) is 0 Å². The highest BCUT2D eigenvalue weighted by molar-refractivity contribution is 5.21. The van der Waals surface area contributed by atoms with Gasteiger partial charge in [0.2, 0.25) is 0 Å². The third-order valence-electron chi connectivity index (χ3n) is 5.01. The first-order valence-electron chi connectivity index (χ1n) is 10.8. The summed E-state index contributed by atoms with van der Waals surface area (Å²) < 4.78 is 2.43. The predicted octanol–water partition coefficient (Wildman–Crippen LogP) is 6.80. The van der Waals surface area contributed by atoms with Crippen LogP contribution < -0.4 is 4.57 Å². The fourth-order valence-corrected chi connectivity index (χ4v) is 3.55. The Morgan fingerprint density at radius 1 is 0.625 bits per heavy atom. The fraction of sp³-hybridized carbons (Fsp3) is 0.783. The normalized spacial score (nSPS) is 11.1. The lowest BCUT2D eigenvalue weighted by Gasteiger charge is -2.07. The molecule has 0 saturated heterocycles. The highest BCUT2D eigenvalue weighted by Crippen LogP contribution is 2.12. The molecule has 0 saturated carbocycles. The SMILES string of the molecule is CCCCCCCCCCCC[n+]1ccc(CCC)c(CCC)c1. The highest BCUT2D eigenvalue weighted by Gasteiger charge is 2.08. The van der Waals surface area contributed by atoms with Crippen LogP contribution in [0.3, 0.4) is 0 Å². The van der Waals surface area contributed by atoms with Gasteiger partial charge in [-0.25, -0.2) is 4.57 Å². The second-order valence-corrected chi connectivity index (χ2v) is 7.42. The van der Waals surface area contributed by atoms with Crippen molar-refractivity contribution in [2.24, 2.45) is 0 Å². The van der Waals surface area contributed by atoms with Crippen molar-refractivity contribution < 1.29 is 4.57 Å². The van der Waals surface area contributed by atoms with E-state index < -0.39 is 0 Å². The van der Waals surface area contributed by atoms with Crippen molar-refractivity contribution in [3.05, 3.63) is 29.6 Å². The molecule has 24 heavy (non-hydrogen) atoms. The first-order chi connectivity index (χ1) is 11.8. The van der Waals surface area contributed by atoms with E-state index in [1.165, 1.54) is 96.4 Å². The van der Waals surface area contributed by atoms with Crippen LogP contribution in [0.2, 0.25) is 0 Å². The van der Waals surface area contributed by atoms with Crippen molar-refractivity contribution in [2.45, 2.75) is 117 Å². The molecule has 0 N–H and O–H groups in total. The van der Waals surface area contributed by atoms with E-state index in [0.29, 0.717) is 0 Å². The van der Waals surface area contributed by atoms with Gasteiger partial charge in [0, 0.05) is 18.1 Å². The van der Waals surface area contributed by atoms with Crippen LogP contribution in [0.25, 0.3) is 0 Å². The van der Waals surface area contributed by atoms with Crippen LogP contribution in [0, 0.1) is 0 Å². The molecule has 0 atom stereocenters. The molecule has 1 aromatic rings. The van der Waals surface area contributed by atoms with Gasteiger partial charge in [-0.3, -0.25) is 0 Å². The Kier molecular flexibility index (Phi) is 12.8. The Morgan fingerprint density at radius 2 is 1.17 bits per heavy atom. The topological polar surface area (TPSA) is 3.88 Å². The summed E-state index contributed by atoms with van der Waals surface area (Å²) in [6.07, 6.45) is 23.8. The smallest absolute Gasteiger partial charge is 0.172 e. The summed E-state index contributed by atoms with van der Waals surface area (Å²) in [5, 5.41) is 0. The van der Waals surface area contributed by atoms with E-state index in [1.54, 1.807) is 11.1 Å². The molecule has 1 heterocycles. The highest BCUT2D eigenvalue weighted by atomic mass is 14.9. The van der Waals surface area contributed by atoms with Crippen molar-refractivity contribution in [3.63, 3.8) is 0 Å². The molecule has 1 aromatic heterocycles. The van der Waals surface area contributed by atoms with Crippen molar-refractivity contribution in [1.29, 1.82) is 0 Å². The van der Waals surface area contributed by atoms with Gasteiger partial charge in [0.05, 0.1) is 0 Å². The molecule has 0 aromatic carbocycles. The van der Waals surface area contributed by atoms with E-state index in [-0.39, 0.29) is 0 Å². The zero-order valence-electron chi connectivity index (χ0n) is 16.8. The van der Waals surface area contributed by atoms with Crippen molar-refractivity contribution >= 4 is 0 Å². The van der Waals surface area contributed by atoms with Crippen LogP contribution in [-0.4, -0.2) is 0 Å². The molecule has 0 aliphatic rings. The van der Waals surface area contributed by atoms with Crippen molar-refractivity contribution in [2.75, 3.05) is 0 Å². The van der Waals surface area contributed by atoms with Gasteiger partial charge < -0.3 is 0 Å². The van der Waals surface area contributed by atoms with Gasteiger partial charge in [0.15, 0.2) is 12.4 Å². The summed E-state index contributed by atoms with van der Waals surface area (Å²) in [5.41, 5.74) is 3.15. The number of aromatic nitrogens is 1. The Morgan fingerprint density at radius 3 is 1.75 bits per heavy atom. The number of hydrogen-bond acceptors (Lipinski definition) is 0. The zero-order chi connectivity index (χ0) is 17.5. The van der Waals surface area contributed by atoms with E-state index in [2.05, 4.69) is 43.8 Å². The predicted molar refractivity (Wildman–Crippen MR) is 106 cm³/mol. The van der Waals surface area contributed by atoms with Crippen molar-refractivity contribution in [1.82, 2.24) is 0 Å². The fourth-order valence-electron chi connectivity index (χ4n) is 3.55. The summed E-state index contributed by atoms with van der Waals surface area (Å²) in [7, 11) is 0. The average molecular weight is 333 g/mol. The summed E-state index contributed by atoms with van der Waals surface area (Å²) in [5.74, 6) is 0. The van der Waals surface area contributed by atoms with E-state index in [0.717, 1.165) is 0 Å². The third-order valence-corrected chi connectivity index (χ3v) is 5.01. The molecule has 0 aliphatic carbocycles. The summed E-state index contributed by atoms with van der Waals surface area (Å²) >= 11 is 0. The summed E-state index contributed by atoms with van der Waals surface area (Å²) in [4.78, 5) is 0. The van der Waals surface area contributed by atoms with Gasteiger partial charge in [-0.2, -0.15) is 0 Å². The second kappa shape index (κ2) is 14.5. The number of aryl methyl sites for hydroxylation is 3. The van der Waals surface area contributed by atoms with E-state index in [9.17, 15) is 0 Å². The van der Waals surface area contributed by atoms with Crippen molar-refractivity contribution in [3.8, 4) is 0 Å². The molecule has 0 radical (unpaired) electrons. The standard InChI is InChI=1S/C23H42N/c1-4-7-8-9-10-11-12-13-14-15-19-24-20-18-22(16-5-2)23(21-24)17-6-3/h18,20-21H,4-17,19H2,1-3H3/q+1. The van der Waals surface area contributed by atoms with E-state index >= 15 is 0 Å². The van der Waals surface area contributed by atoms with Crippen LogP contribution in [0.1, 0.15) is 109 Å². The van der Waals surface area contributed by atoms with Gasteiger partial charge in [-0.15, -0.1) is 0 Å². The second-order valence-electron chi connectivity index (χ2n) is 7.42. The maximum atomic E-state index is 2.43. The van der Waals surface area contributed by atoms with Gasteiger partial charge in [0.1, 0.15) is 6.54 Å². The first-order valence-corrected chi connectivity index (χ1v) is 10.8. The lowest BCUT2D eigenvalue weighted by atomic mass is 10.0. The lowest BCUT2D eigenvalue weighted by molar-refractivity contribution is -0.697. The number of pyridine rings is 1. The van der Waals surface area contributed by atoms with Gasteiger partial charge in [-0.05, 0) is 24.8 Å². The van der Waals surface area contributed by atoms with Crippen LogP contribution in [0.4, 0.5) is 0 Å². The Balaban J connectivity index is 2.17. The Bertz CT molecular complexity index is 410. The molecule has 1 heteroatoms. The van der Waals surface area contributed by atoms with Crippen LogP contribution >= 0.6 is 0 Å². The molecule has 0 unspecified atom stereocenters. The molecule has 0 bridgehead atoms. The number of unbranched alkanes of at least 4 members (excludes halogenated alkanes) is 9. The molecule has 1 rings (SSSR count). The van der Waals surface area contributed by atoms with Crippen LogP contribution in [-0.2, 0) is 19.4 Å². The molecular formula is C23H42N+. The minimum atomic E-state index is 1.19. The van der Waals surface area contributed by atoms with Gasteiger partial charge >= 0.3 is 0 Å². The molecule has 0 amide bonds. The van der Waals surface area contributed by atoms with Gasteiger partial charge in [-0.1, -0.05) is 85.0 Å². The first kappa shape index (κ1) is 21.2.